The van der Waals surface area contributed by atoms with Crippen molar-refractivity contribution in [3.63, 3.8) is 0 Å². The summed E-state index contributed by atoms with van der Waals surface area (Å²) in [5.41, 5.74) is 4.96. The smallest absolute Gasteiger partial charge is 0.165 e. The van der Waals surface area contributed by atoms with Crippen LogP contribution in [0, 0.1) is 6.92 Å². The third-order valence-corrected chi connectivity index (χ3v) is 5.31. The van der Waals surface area contributed by atoms with E-state index in [1.165, 1.54) is 5.56 Å². The lowest BCUT2D eigenvalue weighted by Crippen LogP contribution is -2.07. The fourth-order valence-corrected chi connectivity index (χ4v) is 3.83. The maximum atomic E-state index is 10.9. The van der Waals surface area contributed by atoms with Crippen molar-refractivity contribution in [2.45, 2.75) is 19.9 Å². The SMILES string of the molecule is COc1cc(C)cc(-c2c(NC(C)c3ccccc3)ccc3ccccc23)c1O. The average Bonchev–Trinajstić information content (AvgIpc) is 2.75. The number of nitrogens with one attached hydrogen (secondary N) is 1. The molecule has 4 aromatic rings. The van der Waals surface area contributed by atoms with E-state index in [0.29, 0.717) is 5.75 Å². The molecule has 0 bridgehead atoms. The van der Waals surface area contributed by atoms with Crippen LogP contribution in [-0.4, -0.2) is 12.2 Å². The molecule has 0 aliphatic heterocycles. The number of fused-ring (bicyclic) bond motifs is 1. The molecule has 29 heavy (non-hydrogen) atoms. The lowest BCUT2D eigenvalue weighted by atomic mass is 9.93. The quantitative estimate of drug-likeness (QED) is 0.403. The number of aryl methyl sites for hydroxylation is 1. The second-order valence-corrected chi connectivity index (χ2v) is 7.35. The highest BCUT2D eigenvalue weighted by Gasteiger charge is 2.18. The summed E-state index contributed by atoms with van der Waals surface area (Å²) in [5.74, 6) is 0.639. The monoisotopic (exact) mass is 383 g/mol. The first kappa shape index (κ1) is 18.9. The highest BCUT2D eigenvalue weighted by Crippen LogP contribution is 2.45. The molecular formula is C26H25NO2. The van der Waals surface area contributed by atoms with Gasteiger partial charge in [-0.05, 0) is 53.9 Å². The van der Waals surface area contributed by atoms with Crippen LogP contribution < -0.4 is 10.1 Å². The number of phenols is 1. The molecule has 1 atom stereocenters. The third kappa shape index (κ3) is 3.64. The zero-order valence-electron chi connectivity index (χ0n) is 16.9. The standard InChI is InChI=1S/C26H25NO2/c1-17-15-22(26(28)24(16-17)29-3)25-21-12-8-7-11-20(21)13-14-23(25)27-18(2)19-9-5-4-6-10-19/h4-16,18,27-28H,1-3H3. The van der Waals surface area contributed by atoms with E-state index in [1.54, 1.807) is 7.11 Å². The van der Waals surface area contributed by atoms with Crippen molar-refractivity contribution in [3.8, 4) is 22.6 Å². The summed E-state index contributed by atoms with van der Waals surface area (Å²) in [6, 6.07) is 26.8. The molecular weight excluding hydrogens is 358 g/mol. The zero-order chi connectivity index (χ0) is 20.4. The predicted octanol–water partition coefficient (Wildman–Crippen LogP) is 6.70. The molecule has 2 N–H and O–H groups in total. The van der Waals surface area contributed by atoms with Crippen molar-refractivity contribution < 1.29 is 9.84 Å². The second kappa shape index (κ2) is 7.88. The summed E-state index contributed by atoms with van der Waals surface area (Å²) < 4.78 is 5.42. The number of anilines is 1. The Morgan fingerprint density at radius 3 is 2.38 bits per heavy atom. The molecule has 0 fully saturated rings. The molecule has 0 saturated carbocycles. The maximum absolute atomic E-state index is 10.9. The number of phenolic OH excluding ortho intramolecular Hbond substituents is 1. The molecule has 0 amide bonds. The Morgan fingerprint density at radius 2 is 1.62 bits per heavy atom. The van der Waals surface area contributed by atoms with Gasteiger partial charge in [0.1, 0.15) is 0 Å². The van der Waals surface area contributed by atoms with Gasteiger partial charge >= 0.3 is 0 Å². The van der Waals surface area contributed by atoms with E-state index in [4.69, 9.17) is 4.74 Å². The molecule has 0 saturated heterocycles. The van der Waals surface area contributed by atoms with E-state index in [1.807, 2.05) is 49.4 Å². The fourth-order valence-electron chi connectivity index (χ4n) is 3.83. The Labute approximate surface area is 171 Å². The summed E-state index contributed by atoms with van der Waals surface area (Å²) in [7, 11) is 1.58. The van der Waals surface area contributed by atoms with Gasteiger partial charge in [0.2, 0.25) is 0 Å². The van der Waals surface area contributed by atoms with Crippen LogP contribution >= 0.6 is 0 Å². The van der Waals surface area contributed by atoms with E-state index in [9.17, 15) is 5.11 Å². The lowest BCUT2D eigenvalue weighted by molar-refractivity contribution is 0.374. The topological polar surface area (TPSA) is 41.5 Å². The zero-order valence-corrected chi connectivity index (χ0v) is 16.9. The van der Waals surface area contributed by atoms with Gasteiger partial charge in [-0.2, -0.15) is 0 Å². The number of benzene rings is 4. The van der Waals surface area contributed by atoms with E-state index in [2.05, 4.69) is 48.6 Å². The van der Waals surface area contributed by atoms with Crippen LogP contribution in [0.4, 0.5) is 5.69 Å². The molecule has 0 aliphatic rings. The Bertz CT molecular complexity index is 1150. The molecule has 4 rings (SSSR count). The van der Waals surface area contributed by atoms with Crippen LogP contribution in [0.1, 0.15) is 24.1 Å². The van der Waals surface area contributed by atoms with Crippen LogP contribution in [0.2, 0.25) is 0 Å². The molecule has 0 aliphatic carbocycles. The minimum atomic E-state index is 0.116. The van der Waals surface area contributed by atoms with Gasteiger partial charge in [-0.25, -0.2) is 0 Å². The molecule has 3 nitrogen and oxygen atoms in total. The first-order valence-electron chi connectivity index (χ1n) is 9.79. The molecule has 0 aromatic heterocycles. The summed E-state index contributed by atoms with van der Waals surface area (Å²) >= 11 is 0. The summed E-state index contributed by atoms with van der Waals surface area (Å²) in [5, 5.41) is 16.8. The largest absolute Gasteiger partial charge is 0.504 e. The van der Waals surface area contributed by atoms with Gasteiger partial charge in [0, 0.05) is 22.9 Å². The highest BCUT2D eigenvalue weighted by atomic mass is 16.5. The molecule has 4 aromatic carbocycles. The van der Waals surface area contributed by atoms with Gasteiger partial charge in [-0.3, -0.25) is 0 Å². The number of aromatic hydroxyl groups is 1. The molecule has 0 spiro atoms. The van der Waals surface area contributed by atoms with Crippen LogP contribution in [0.3, 0.4) is 0 Å². The summed E-state index contributed by atoms with van der Waals surface area (Å²) in [4.78, 5) is 0. The average molecular weight is 383 g/mol. The fraction of sp³-hybridized carbons (Fsp3) is 0.154. The van der Waals surface area contributed by atoms with E-state index in [-0.39, 0.29) is 11.8 Å². The van der Waals surface area contributed by atoms with Crippen LogP contribution in [0.15, 0.2) is 78.9 Å². The predicted molar refractivity (Wildman–Crippen MR) is 121 cm³/mol. The van der Waals surface area contributed by atoms with Gasteiger partial charge in [-0.1, -0.05) is 60.7 Å². The van der Waals surface area contributed by atoms with Crippen molar-refractivity contribution in [2.75, 3.05) is 12.4 Å². The van der Waals surface area contributed by atoms with Gasteiger partial charge in [0.25, 0.3) is 0 Å². The first-order chi connectivity index (χ1) is 14.1. The van der Waals surface area contributed by atoms with Crippen LogP contribution in [0.5, 0.6) is 11.5 Å². The first-order valence-corrected chi connectivity index (χ1v) is 9.79. The third-order valence-electron chi connectivity index (χ3n) is 5.31. The molecule has 0 heterocycles. The van der Waals surface area contributed by atoms with Crippen molar-refractivity contribution in [2.24, 2.45) is 0 Å². The number of methoxy groups -OCH3 is 1. The lowest BCUT2D eigenvalue weighted by Gasteiger charge is -2.21. The molecule has 146 valence electrons. The van der Waals surface area contributed by atoms with E-state index in [0.717, 1.165) is 33.2 Å². The van der Waals surface area contributed by atoms with Crippen LogP contribution in [0.25, 0.3) is 21.9 Å². The molecule has 0 radical (unpaired) electrons. The minimum absolute atomic E-state index is 0.116. The Balaban J connectivity index is 1.92. The van der Waals surface area contributed by atoms with Gasteiger partial charge < -0.3 is 15.2 Å². The number of hydrogen-bond acceptors (Lipinski definition) is 3. The Kier molecular flexibility index (Phi) is 5.13. The van der Waals surface area contributed by atoms with Gasteiger partial charge in [0.15, 0.2) is 11.5 Å². The van der Waals surface area contributed by atoms with Gasteiger partial charge in [-0.15, -0.1) is 0 Å². The second-order valence-electron chi connectivity index (χ2n) is 7.35. The van der Waals surface area contributed by atoms with Crippen molar-refractivity contribution in [1.29, 1.82) is 0 Å². The molecule has 1 unspecified atom stereocenters. The van der Waals surface area contributed by atoms with Crippen molar-refractivity contribution in [3.05, 3.63) is 90.0 Å². The summed E-state index contributed by atoms with van der Waals surface area (Å²) in [6.07, 6.45) is 0. The number of ether oxygens (including phenoxy) is 1. The van der Waals surface area contributed by atoms with Gasteiger partial charge in [0.05, 0.1) is 7.11 Å². The van der Waals surface area contributed by atoms with Crippen molar-refractivity contribution in [1.82, 2.24) is 0 Å². The highest BCUT2D eigenvalue weighted by molar-refractivity contribution is 6.04. The van der Waals surface area contributed by atoms with E-state index >= 15 is 0 Å². The summed E-state index contributed by atoms with van der Waals surface area (Å²) in [6.45, 7) is 4.15. The Hall–Kier alpha value is -3.46. The number of hydrogen-bond donors (Lipinski definition) is 2. The Morgan fingerprint density at radius 1 is 0.897 bits per heavy atom. The van der Waals surface area contributed by atoms with Crippen LogP contribution in [-0.2, 0) is 0 Å². The normalized spacial score (nSPS) is 12.0. The number of rotatable bonds is 5. The minimum Gasteiger partial charge on any atom is -0.504 e. The van der Waals surface area contributed by atoms with Crippen molar-refractivity contribution >= 4 is 16.5 Å². The molecule has 3 heteroatoms. The van der Waals surface area contributed by atoms with E-state index < -0.39 is 0 Å². The maximum Gasteiger partial charge on any atom is 0.165 e.